The van der Waals surface area contributed by atoms with E-state index in [-0.39, 0.29) is 10.7 Å². The first-order chi connectivity index (χ1) is 9.99. The Labute approximate surface area is 141 Å². The Bertz CT molecular complexity index is 727. The molecule has 2 nitrogen and oxygen atoms in total. The summed E-state index contributed by atoms with van der Waals surface area (Å²) in [5, 5.41) is 0. The number of nitrogens with zero attached hydrogens (tertiary/aromatic N) is 1. The fraction of sp³-hybridized carbons (Fsp3) is 0.235. The van der Waals surface area contributed by atoms with Gasteiger partial charge in [-0.1, -0.05) is 56.1 Å². The number of rotatable bonds is 2. The van der Waals surface area contributed by atoms with Gasteiger partial charge in [0.25, 0.3) is 0 Å². The molecule has 108 valence electrons. The molecule has 0 N–H and O–H groups in total. The van der Waals surface area contributed by atoms with E-state index in [1.54, 1.807) is 4.90 Å². The predicted octanol–water partition coefficient (Wildman–Crippen LogP) is 4.76. The molecule has 2 aromatic carbocycles. The van der Waals surface area contributed by atoms with Crippen LogP contribution in [0, 0.1) is 6.92 Å². The maximum Gasteiger partial charge on any atom is 0.231 e. The SMILES string of the molecule is Cc1c(Br)cccc1C(Br)c1ccc2c(c1)CC(=O)N2C. The number of halogens is 2. The van der Waals surface area contributed by atoms with Crippen LogP contribution in [0.3, 0.4) is 0 Å². The van der Waals surface area contributed by atoms with E-state index in [1.807, 2.05) is 19.2 Å². The van der Waals surface area contributed by atoms with Gasteiger partial charge in [-0.25, -0.2) is 0 Å². The summed E-state index contributed by atoms with van der Waals surface area (Å²) in [4.78, 5) is 13.6. The zero-order chi connectivity index (χ0) is 15.1. The number of hydrogen-bond donors (Lipinski definition) is 0. The summed E-state index contributed by atoms with van der Waals surface area (Å²) in [5.74, 6) is 0.159. The first-order valence-electron chi connectivity index (χ1n) is 6.77. The smallest absolute Gasteiger partial charge is 0.231 e. The third-order valence-corrected chi connectivity index (χ3v) is 5.94. The molecule has 0 aromatic heterocycles. The number of benzene rings is 2. The van der Waals surface area contributed by atoms with Crippen molar-refractivity contribution >= 4 is 43.5 Å². The maximum absolute atomic E-state index is 11.8. The molecule has 0 aliphatic carbocycles. The van der Waals surface area contributed by atoms with Gasteiger partial charge in [-0.15, -0.1) is 0 Å². The van der Waals surface area contributed by atoms with Crippen molar-refractivity contribution in [3.05, 3.63) is 63.1 Å². The molecule has 1 heterocycles. The number of alkyl halides is 1. The highest BCUT2D eigenvalue weighted by atomic mass is 79.9. The summed E-state index contributed by atoms with van der Waals surface area (Å²) < 4.78 is 1.11. The van der Waals surface area contributed by atoms with Gasteiger partial charge >= 0.3 is 0 Å². The van der Waals surface area contributed by atoms with E-state index < -0.39 is 0 Å². The van der Waals surface area contributed by atoms with Gasteiger partial charge in [0.1, 0.15) is 0 Å². The largest absolute Gasteiger partial charge is 0.315 e. The van der Waals surface area contributed by atoms with Crippen LogP contribution in [0.5, 0.6) is 0 Å². The van der Waals surface area contributed by atoms with Crippen molar-refractivity contribution in [2.75, 3.05) is 11.9 Å². The van der Waals surface area contributed by atoms with Crippen molar-refractivity contribution in [1.82, 2.24) is 0 Å². The standard InChI is InChI=1S/C17H15Br2NO/c1-10-13(4-3-5-14(10)18)17(19)11-6-7-15-12(8-11)9-16(21)20(15)2/h3-8,17H,9H2,1-2H3. The molecular weight excluding hydrogens is 394 g/mol. The number of hydrogen-bond acceptors (Lipinski definition) is 1. The molecule has 1 amide bonds. The Morgan fingerprint density at radius 3 is 2.76 bits per heavy atom. The van der Waals surface area contributed by atoms with Gasteiger partial charge in [0.05, 0.1) is 11.2 Å². The van der Waals surface area contributed by atoms with Crippen molar-refractivity contribution in [2.45, 2.75) is 18.2 Å². The monoisotopic (exact) mass is 407 g/mol. The number of carbonyl (C=O) groups excluding carboxylic acids is 1. The van der Waals surface area contributed by atoms with Crippen molar-refractivity contribution in [3.63, 3.8) is 0 Å². The van der Waals surface area contributed by atoms with E-state index in [0.29, 0.717) is 6.42 Å². The third kappa shape index (κ3) is 2.55. The predicted molar refractivity (Wildman–Crippen MR) is 93.2 cm³/mol. The highest BCUT2D eigenvalue weighted by Crippen LogP contribution is 2.38. The lowest BCUT2D eigenvalue weighted by Crippen LogP contribution is -2.20. The van der Waals surface area contributed by atoms with Crippen LogP contribution in [-0.4, -0.2) is 13.0 Å². The van der Waals surface area contributed by atoms with Gasteiger partial charge in [0.15, 0.2) is 0 Å². The lowest BCUT2D eigenvalue weighted by molar-refractivity contribution is -0.117. The van der Waals surface area contributed by atoms with Gasteiger partial charge in [-0.05, 0) is 41.3 Å². The van der Waals surface area contributed by atoms with Gasteiger partial charge in [0, 0.05) is 17.2 Å². The highest BCUT2D eigenvalue weighted by molar-refractivity contribution is 9.10. The van der Waals surface area contributed by atoms with E-state index in [9.17, 15) is 4.79 Å². The van der Waals surface area contributed by atoms with Crippen LogP contribution in [0.25, 0.3) is 0 Å². The molecule has 2 aromatic rings. The molecule has 0 radical (unpaired) electrons. The number of amides is 1. The topological polar surface area (TPSA) is 20.3 Å². The van der Waals surface area contributed by atoms with Crippen molar-refractivity contribution in [3.8, 4) is 0 Å². The molecular formula is C17H15Br2NO. The molecule has 1 aliphatic rings. The second-order valence-electron chi connectivity index (χ2n) is 5.33. The second kappa shape index (κ2) is 5.58. The van der Waals surface area contributed by atoms with Gasteiger partial charge in [0.2, 0.25) is 5.91 Å². The molecule has 0 spiro atoms. The van der Waals surface area contributed by atoms with E-state index in [4.69, 9.17) is 0 Å². The average molecular weight is 409 g/mol. The highest BCUT2D eigenvalue weighted by Gasteiger charge is 2.25. The van der Waals surface area contributed by atoms with E-state index in [1.165, 1.54) is 16.7 Å². The fourth-order valence-corrected chi connectivity index (χ4v) is 3.89. The first-order valence-corrected chi connectivity index (χ1v) is 8.48. The number of fused-ring (bicyclic) bond motifs is 1. The Kier molecular flexibility index (Phi) is 3.93. The van der Waals surface area contributed by atoms with Crippen molar-refractivity contribution in [1.29, 1.82) is 0 Å². The Morgan fingerprint density at radius 2 is 2.00 bits per heavy atom. The number of anilines is 1. The number of likely N-dealkylation sites (N-methyl/N-ethyl adjacent to an activating group) is 1. The van der Waals surface area contributed by atoms with E-state index >= 15 is 0 Å². The first kappa shape index (κ1) is 14.8. The minimum atomic E-state index is 0.126. The summed E-state index contributed by atoms with van der Waals surface area (Å²) in [6.45, 7) is 2.11. The lowest BCUT2D eigenvalue weighted by Gasteiger charge is -2.16. The van der Waals surface area contributed by atoms with E-state index in [2.05, 4.69) is 63.0 Å². The van der Waals surface area contributed by atoms with Crippen molar-refractivity contribution < 1.29 is 4.79 Å². The fourth-order valence-electron chi connectivity index (χ4n) is 2.73. The molecule has 1 aliphatic heterocycles. The molecule has 3 rings (SSSR count). The van der Waals surface area contributed by atoms with Gasteiger partial charge < -0.3 is 4.90 Å². The van der Waals surface area contributed by atoms with Crippen LogP contribution < -0.4 is 4.90 Å². The molecule has 1 atom stereocenters. The van der Waals surface area contributed by atoms with Crippen molar-refractivity contribution in [2.24, 2.45) is 0 Å². The summed E-state index contributed by atoms with van der Waals surface area (Å²) in [7, 11) is 1.83. The zero-order valence-electron chi connectivity index (χ0n) is 11.9. The summed E-state index contributed by atoms with van der Waals surface area (Å²) in [6, 6.07) is 12.5. The molecule has 0 bridgehead atoms. The Balaban J connectivity index is 2.00. The molecule has 1 unspecified atom stereocenters. The summed E-state index contributed by atoms with van der Waals surface area (Å²) >= 11 is 7.38. The van der Waals surface area contributed by atoms with E-state index in [0.717, 1.165) is 15.7 Å². The third-order valence-electron chi connectivity index (χ3n) is 4.06. The van der Waals surface area contributed by atoms with Crippen LogP contribution in [-0.2, 0) is 11.2 Å². The van der Waals surface area contributed by atoms with Crippen LogP contribution in [0.1, 0.15) is 27.1 Å². The van der Waals surface area contributed by atoms with Crippen LogP contribution in [0.2, 0.25) is 0 Å². The maximum atomic E-state index is 11.8. The normalized spacial score (nSPS) is 15.2. The molecule has 0 saturated carbocycles. The van der Waals surface area contributed by atoms with Crippen LogP contribution >= 0.6 is 31.9 Å². The summed E-state index contributed by atoms with van der Waals surface area (Å²) in [5.41, 5.74) is 5.78. The molecule has 0 fully saturated rings. The van der Waals surface area contributed by atoms with Gasteiger partial charge in [-0.2, -0.15) is 0 Å². The van der Waals surface area contributed by atoms with Gasteiger partial charge in [-0.3, -0.25) is 4.79 Å². The minimum absolute atomic E-state index is 0.126. The zero-order valence-corrected chi connectivity index (χ0v) is 15.0. The van der Waals surface area contributed by atoms with Crippen LogP contribution in [0.4, 0.5) is 5.69 Å². The molecule has 4 heteroatoms. The molecule has 0 saturated heterocycles. The lowest BCUT2D eigenvalue weighted by atomic mass is 9.98. The Morgan fingerprint density at radius 1 is 1.24 bits per heavy atom. The minimum Gasteiger partial charge on any atom is -0.315 e. The van der Waals surface area contributed by atoms with Crippen LogP contribution in [0.15, 0.2) is 40.9 Å². The molecule has 21 heavy (non-hydrogen) atoms. The number of carbonyl (C=O) groups is 1. The second-order valence-corrected chi connectivity index (χ2v) is 7.10. The summed E-state index contributed by atoms with van der Waals surface area (Å²) in [6.07, 6.45) is 0.497. The average Bonchev–Trinajstić information content (AvgIpc) is 2.76. The Hall–Kier alpha value is -1.13. The quantitative estimate of drug-likeness (QED) is 0.656.